The van der Waals surface area contributed by atoms with Crippen LogP contribution in [0, 0.1) is 0 Å². The molecular formula is C17H19N5O3. The molecule has 3 heterocycles. The van der Waals surface area contributed by atoms with E-state index in [0.29, 0.717) is 25.4 Å². The van der Waals surface area contributed by atoms with Crippen LogP contribution in [0.1, 0.15) is 5.56 Å². The molecule has 1 aromatic carbocycles. The summed E-state index contributed by atoms with van der Waals surface area (Å²) in [6.45, 7) is 0.887. The molecule has 1 aliphatic rings. The Kier molecular flexibility index (Phi) is 4.10. The zero-order valence-corrected chi connectivity index (χ0v) is 13.8. The van der Waals surface area contributed by atoms with E-state index in [1.165, 1.54) is 0 Å². The molecule has 2 aromatic heterocycles. The Morgan fingerprint density at radius 1 is 1.44 bits per heavy atom. The number of carbonyl (C=O) groups is 1. The summed E-state index contributed by atoms with van der Waals surface area (Å²) in [5, 5.41) is 15.0. The number of benzene rings is 1. The van der Waals surface area contributed by atoms with Crippen LogP contribution in [0.3, 0.4) is 0 Å². The van der Waals surface area contributed by atoms with Crippen molar-refractivity contribution in [3.05, 3.63) is 42.4 Å². The minimum absolute atomic E-state index is 0.0573. The zero-order chi connectivity index (χ0) is 17.2. The topological polar surface area (TPSA) is 94.1 Å². The molecule has 3 aromatic rings. The van der Waals surface area contributed by atoms with Gasteiger partial charge >= 0.3 is 0 Å². The molecule has 25 heavy (non-hydrogen) atoms. The summed E-state index contributed by atoms with van der Waals surface area (Å²) in [5.41, 5.74) is 1.90. The van der Waals surface area contributed by atoms with Crippen molar-refractivity contribution in [1.82, 2.24) is 25.3 Å². The molecule has 0 aliphatic carbocycles. The normalized spacial score (nSPS) is 20.0. The monoisotopic (exact) mass is 341 g/mol. The average Bonchev–Trinajstić information content (AvgIpc) is 3.30. The highest BCUT2D eigenvalue weighted by Gasteiger charge is 2.31. The summed E-state index contributed by atoms with van der Waals surface area (Å²) in [7, 11) is 1.83. The van der Waals surface area contributed by atoms with Crippen LogP contribution in [0.4, 0.5) is 0 Å². The van der Waals surface area contributed by atoms with E-state index in [2.05, 4.69) is 20.6 Å². The van der Waals surface area contributed by atoms with Gasteiger partial charge in [0.25, 0.3) is 0 Å². The number of H-pyrrole nitrogens is 1. The van der Waals surface area contributed by atoms with Gasteiger partial charge in [-0.15, -0.1) is 0 Å². The fourth-order valence-corrected chi connectivity index (χ4v) is 2.97. The van der Waals surface area contributed by atoms with Crippen LogP contribution in [0.25, 0.3) is 10.9 Å². The first kappa shape index (κ1) is 15.6. The van der Waals surface area contributed by atoms with Crippen molar-refractivity contribution in [1.29, 1.82) is 0 Å². The highest BCUT2D eigenvalue weighted by Crippen LogP contribution is 2.17. The van der Waals surface area contributed by atoms with Crippen molar-refractivity contribution in [2.24, 2.45) is 7.05 Å². The maximum absolute atomic E-state index is 12.4. The molecule has 0 spiro atoms. The molecule has 1 aliphatic heterocycles. The number of carbonyl (C=O) groups excluding carboxylic acids is 1. The predicted molar refractivity (Wildman–Crippen MR) is 90.2 cm³/mol. The lowest BCUT2D eigenvalue weighted by Gasteiger charge is -2.19. The Labute approximate surface area is 144 Å². The number of fused-ring (bicyclic) bond motifs is 1. The van der Waals surface area contributed by atoms with E-state index in [4.69, 9.17) is 9.47 Å². The maximum Gasteiger partial charge on any atom is 0.224 e. The number of rotatable bonds is 5. The van der Waals surface area contributed by atoms with Gasteiger partial charge in [0.2, 0.25) is 5.91 Å². The van der Waals surface area contributed by atoms with E-state index in [1.807, 2.05) is 25.2 Å². The second kappa shape index (κ2) is 6.56. The molecular weight excluding hydrogens is 322 g/mol. The Morgan fingerprint density at radius 2 is 2.36 bits per heavy atom. The number of nitrogens with one attached hydrogen (secondary N) is 2. The minimum atomic E-state index is -0.218. The van der Waals surface area contributed by atoms with E-state index < -0.39 is 0 Å². The SMILES string of the molecule is Cn1cc(O[C@@H]2COC[C@@H]2NC(=O)Cc2ccc3[nH]ncc3c2)cn1. The van der Waals surface area contributed by atoms with Crippen LogP contribution in [0.15, 0.2) is 36.8 Å². The molecule has 1 saturated heterocycles. The summed E-state index contributed by atoms with van der Waals surface area (Å²) < 4.78 is 13.0. The van der Waals surface area contributed by atoms with E-state index in [1.54, 1.807) is 23.3 Å². The van der Waals surface area contributed by atoms with Crippen molar-refractivity contribution in [2.75, 3.05) is 13.2 Å². The van der Waals surface area contributed by atoms with Crippen LogP contribution >= 0.6 is 0 Å². The highest BCUT2D eigenvalue weighted by atomic mass is 16.5. The van der Waals surface area contributed by atoms with Crippen LogP contribution in [-0.4, -0.2) is 51.2 Å². The lowest BCUT2D eigenvalue weighted by molar-refractivity contribution is -0.121. The molecule has 130 valence electrons. The third-order valence-electron chi connectivity index (χ3n) is 4.21. The lowest BCUT2D eigenvalue weighted by Crippen LogP contribution is -2.45. The van der Waals surface area contributed by atoms with E-state index in [-0.39, 0.29) is 18.1 Å². The Bertz CT molecular complexity index is 887. The molecule has 0 unspecified atom stereocenters. The van der Waals surface area contributed by atoms with Gasteiger partial charge in [0, 0.05) is 12.4 Å². The second-order valence-corrected chi connectivity index (χ2v) is 6.19. The van der Waals surface area contributed by atoms with Gasteiger partial charge in [0.15, 0.2) is 5.75 Å². The van der Waals surface area contributed by atoms with Gasteiger partial charge < -0.3 is 14.8 Å². The molecule has 8 nitrogen and oxygen atoms in total. The van der Waals surface area contributed by atoms with Crippen LogP contribution in [0.5, 0.6) is 5.75 Å². The van der Waals surface area contributed by atoms with Gasteiger partial charge in [-0.1, -0.05) is 6.07 Å². The van der Waals surface area contributed by atoms with Crippen LogP contribution in [0.2, 0.25) is 0 Å². The van der Waals surface area contributed by atoms with Gasteiger partial charge in [0.1, 0.15) is 6.10 Å². The van der Waals surface area contributed by atoms with Gasteiger partial charge in [-0.25, -0.2) is 0 Å². The first-order valence-corrected chi connectivity index (χ1v) is 8.12. The molecule has 2 atom stereocenters. The largest absolute Gasteiger partial charge is 0.482 e. The molecule has 2 N–H and O–H groups in total. The number of hydrogen-bond acceptors (Lipinski definition) is 5. The standard InChI is InChI=1S/C17H19N5O3/c1-22-8-13(7-19-22)25-16-10-24-9-15(16)20-17(23)5-11-2-3-14-12(4-11)6-18-21-14/h2-4,6-8,15-16H,5,9-10H2,1H3,(H,18,21)(H,20,23)/t15-,16+/m0/s1. The van der Waals surface area contributed by atoms with Crippen LogP contribution < -0.4 is 10.1 Å². The Hall–Kier alpha value is -2.87. The summed E-state index contributed by atoms with van der Waals surface area (Å²) in [6.07, 6.45) is 5.27. The second-order valence-electron chi connectivity index (χ2n) is 6.19. The average molecular weight is 341 g/mol. The molecule has 0 radical (unpaired) electrons. The summed E-state index contributed by atoms with van der Waals surface area (Å²) in [5.74, 6) is 0.612. The van der Waals surface area contributed by atoms with Gasteiger partial charge in [0.05, 0.1) is 49.8 Å². The summed E-state index contributed by atoms with van der Waals surface area (Å²) in [6, 6.07) is 5.64. The van der Waals surface area contributed by atoms with Crippen molar-refractivity contribution >= 4 is 16.8 Å². The third kappa shape index (κ3) is 3.48. The molecule has 0 bridgehead atoms. The number of amides is 1. The van der Waals surface area contributed by atoms with E-state index >= 15 is 0 Å². The number of hydrogen-bond donors (Lipinski definition) is 2. The summed E-state index contributed by atoms with van der Waals surface area (Å²) >= 11 is 0. The quantitative estimate of drug-likeness (QED) is 0.716. The maximum atomic E-state index is 12.4. The van der Waals surface area contributed by atoms with Crippen molar-refractivity contribution in [3.8, 4) is 5.75 Å². The van der Waals surface area contributed by atoms with Crippen LogP contribution in [-0.2, 0) is 23.0 Å². The molecule has 1 amide bonds. The van der Waals surface area contributed by atoms with Gasteiger partial charge in [-0.3, -0.25) is 14.6 Å². The van der Waals surface area contributed by atoms with Crippen molar-refractivity contribution in [3.63, 3.8) is 0 Å². The van der Waals surface area contributed by atoms with Crippen molar-refractivity contribution < 1.29 is 14.3 Å². The number of aromatic nitrogens is 4. The van der Waals surface area contributed by atoms with Crippen molar-refractivity contribution in [2.45, 2.75) is 18.6 Å². The first-order valence-electron chi connectivity index (χ1n) is 8.12. The van der Waals surface area contributed by atoms with Gasteiger partial charge in [-0.2, -0.15) is 10.2 Å². The zero-order valence-electron chi connectivity index (χ0n) is 13.8. The molecule has 4 rings (SSSR count). The predicted octanol–water partition coefficient (Wildman–Crippen LogP) is 0.801. The summed E-state index contributed by atoms with van der Waals surface area (Å²) in [4.78, 5) is 12.4. The fourth-order valence-electron chi connectivity index (χ4n) is 2.97. The van der Waals surface area contributed by atoms with E-state index in [9.17, 15) is 4.79 Å². The third-order valence-corrected chi connectivity index (χ3v) is 4.21. The van der Waals surface area contributed by atoms with Gasteiger partial charge in [-0.05, 0) is 17.7 Å². The molecule has 0 saturated carbocycles. The Balaban J connectivity index is 1.37. The smallest absolute Gasteiger partial charge is 0.224 e. The number of ether oxygens (including phenoxy) is 2. The number of aromatic amines is 1. The Morgan fingerprint density at radius 3 is 3.20 bits per heavy atom. The minimum Gasteiger partial charge on any atom is -0.482 e. The molecule has 8 heteroatoms. The van der Waals surface area contributed by atoms with E-state index in [0.717, 1.165) is 16.5 Å². The number of aryl methyl sites for hydroxylation is 1. The number of nitrogens with zero attached hydrogens (tertiary/aromatic N) is 3. The molecule has 1 fully saturated rings. The first-order chi connectivity index (χ1) is 12.2. The highest BCUT2D eigenvalue weighted by molar-refractivity contribution is 5.83. The fraction of sp³-hybridized carbons (Fsp3) is 0.353. The lowest BCUT2D eigenvalue weighted by atomic mass is 10.1.